The summed E-state index contributed by atoms with van der Waals surface area (Å²) in [5, 5.41) is 18.6. The number of hydrogen-bond donors (Lipinski definition) is 2. The molecule has 0 radical (unpaired) electrons. The minimum Gasteiger partial charge on any atom is -0.508 e. The van der Waals surface area contributed by atoms with Crippen LogP contribution in [0.4, 0.5) is 5.69 Å². The number of rotatable bonds is 6. The fourth-order valence-corrected chi connectivity index (χ4v) is 5.24. The van der Waals surface area contributed by atoms with Crippen molar-refractivity contribution in [3.8, 4) is 11.5 Å². The smallest absolute Gasteiger partial charge is 0.305 e. The van der Waals surface area contributed by atoms with Crippen LogP contribution >= 0.6 is 23.4 Å². The molecule has 2 aromatic carbocycles. The van der Waals surface area contributed by atoms with E-state index in [0.29, 0.717) is 23.0 Å². The molecule has 0 aliphatic carbocycles. The number of nitrogens with zero attached hydrogens (tertiary/aromatic N) is 1. The Labute approximate surface area is 184 Å². The number of fused-ring (bicyclic) bond motifs is 1. The standard InChI is InChI=1S/C22H24ClNO5S/c1-12(2)11-24-17-7-4-13(23)8-16(17)21(30-19(22(24)28)10-20(26)27)15-6-5-14(25)9-18(15)29-3/h4-9,12,19,21,25H,10-11H2,1-3H3,(H,26,27). The Morgan fingerprint density at radius 1 is 1.23 bits per heavy atom. The van der Waals surface area contributed by atoms with Gasteiger partial charge in [-0.25, -0.2) is 0 Å². The SMILES string of the molecule is COc1cc(O)ccc1C1SC(CC(=O)O)C(=O)N(CC(C)C)c2ccc(Cl)cc21. The van der Waals surface area contributed by atoms with Gasteiger partial charge in [-0.3, -0.25) is 9.59 Å². The fraction of sp³-hybridized carbons (Fsp3) is 0.364. The number of thioether (sulfide) groups is 1. The third-order valence-electron chi connectivity index (χ3n) is 4.81. The van der Waals surface area contributed by atoms with Crippen molar-refractivity contribution in [3.63, 3.8) is 0 Å². The van der Waals surface area contributed by atoms with Crippen LogP contribution in [0.25, 0.3) is 0 Å². The Hall–Kier alpha value is -2.38. The monoisotopic (exact) mass is 449 g/mol. The van der Waals surface area contributed by atoms with Crippen LogP contribution in [0, 0.1) is 5.92 Å². The lowest BCUT2D eigenvalue weighted by atomic mass is 10.00. The Kier molecular flexibility index (Phi) is 6.83. The summed E-state index contributed by atoms with van der Waals surface area (Å²) >= 11 is 7.58. The number of carbonyl (C=O) groups is 2. The van der Waals surface area contributed by atoms with Gasteiger partial charge in [-0.1, -0.05) is 31.5 Å². The van der Waals surface area contributed by atoms with Gasteiger partial charge in [0.1, 0.15) is 11.5 Å². The van der Waals surface area contributed by atoms with Crippen molar-refractivity contribution in [2.45, 2.75) is 30.8 Å². The van der Waals surface area contributed by atoms with Gasteiger partial charge in [0.25, 0.3) is 0 Å². The molecule has 1 amide bonds. The average molecular weight is 450 g/mol. The van der Waals surface area contributed by atoms with E-state index in [1.807, 2.05) is 26.0 Å². The largest absolute Gasteiger partial charge is 0.508 e. The van der Waals surface area contributed by atoms with Gasteiger partial charge in [0.15, 0.2) is 0 Å². The van der Waals surface area contributed by atoms with Crippen molar-refractivity contribution in [2.75, 3.05) is 18.6 Å². The summed E-state index contributed by atoms with van der Waals surface area (Å²) in [5.74, 6) is -0.573. The number of halogens is 1. The molecule has 2 N–H and O–H groups in total. The highest BCUT2D eigenvalue weighted by atomic mass is 35.5. The number of aliphatic carboxylic acids is 1. The number of phenols is 1. The topological polar surface area (TPSA) is 87.1 Å². The van der Waals surface area contributed by atoms with Crippen molar-refractivity contribution in [1.29, 1.82) is 0 Å². The van der Waals surface area contributed by atoms with Gasteiger partial charge < -0.3 is 19.8 Å². The van der Waals surface area contributed by atoms with Crippen molar-refractivity contribution < 1.29 is 24.5 Å². The number of carbonyl (C=O) groups excluding carboxylic acids is 1. The van der Waals surface area contributed by atoms with Gasteiger partial charge >= 0.3 is 5.97 Å². The molecule has 0 spiro atoms. The number of amides is 1. The lowest BCUT2D eigenvalue weighted by Gasteiger charge is -2.27. The van der Waals surface area contributed by atoms with E-state index in [2.05, 4.69) is 0 Å². The van der Waals surface area contributed by atoms with Crippen LogP contribution in [0.15, 0.2) is 36.4 Å². The first kappa shape index (κ1) is 22.3. The van der Waals surface area contributed by atoms with Crippen LogP contribution in [0.2, 0.25) is 5.02 Å². The molecule has 1 heterocycles. The number of phenolic OH excluding ortho intramolecular Hbond substituents is 1. The highest BCUT2D eigenvalue weighted by Crippen LogP contribution is 2.50. The summed E-state index contributed by atoms with van der Waals surface area (Å²) < 4.78 is 5.48. The second kappa shape index (κ2) is 9.18. The Bertz CT molecular complexity index is 965. The Morgan fingerprint density at radius 2 is 1.97 bits per heavy atom. The zero-order valence-electron chi connectivity index (χ0n) is 17.0. The summed E-state index contributed by atoms with van der Waals surface area (Å²) in [6.07, 6.45) is -0.295. The number of anilines is 1. The minimum atomic E-state index is -1.04. The van der Waals surface area contributed by atoms with E-state index >= 15 is 0 Å². The predicted molar refractivity (Wildman–Crippen MR) is 119 cm³/mol. The molecular weight excluding hydrogens is 426 g/mol. The number of carboxylic acids is 1. The summed E-state index contributed by atoms with van der Waals surface area (Å²) in [6.45, 7) is 4.48. The lowest BCUT2D eigenvalue weighted by Crippen LogP contribution is -2.40. The molecule has 2 aromatic rings. The quantitative estimate of drug-likeness (QED) is 0.663. The van der Waals surface area contributed by atoms with E-state index in [1.165, 1.54) is 24.9 Å². The number of benzene rings is 2. The van der Waals surface area contributed by atoms with Gasteiger partial charge in [-0.2, -0.15) is 0 Å². The summed E-state index contributed by atoms with van der Waals surface area (Å²) in [7, 11) is 1.50. The molecule has 3 rings (SSSR count). The van der Waals surface area contributed by atoms with Crippen LogP contribution in [0.5, 0.6) is 11.5 Å². The summed E-state index contributed by atoms with van der Waals surface area (Å²) in [4.78, 5) is 26.6. The Morgan fingerprint density at radius 3 is 2.60 bits per heavy atom. The molecule has 1 aliphatic rings. The summed E-state index contributed by atoms with van der Waals surface area (Å²) in [6, 6.07) is 10.1. The number of aromatic hydroxyl groups is 1. The molecule has 160 valence electrons. The van der Waals surface area contributed by atoms with Crippen molar-refractivity contribution in [1.82, 2.24) is 0 Å². The van der Waals surface area contributed by atoms with Crippen molar-refractivity contribution in [3.05, 3.63) is 52.5 Å². The van der Waals surface area contributed by atoms with Crippen LogP contribution in [-0.2, 0) is 9.59 Å². The first-order valence-corrected chi connectivity index (χ1v) is 10.9. The van der Waals surface area contributed by atoms with Crippen molar-refractivity contribution in [2.24, 2.45) is 5.92 Å². The van der Waals surface area contributed by atoms with Gasteiger partial charge in [-0.05, 0) is 35.7 Å². The van der Waals surface area contributed by atoms with E-state index in [9.17, 15) is 19.8 Å². The minimum absolute atomic E-state index is 0.0557. The average Bonchev–Trinajstić information content (AvgIpc) is 2.77. The highest BCUT2D eigenvalue weighted by Gasteiger charge is 2.38. The lowest BCUT2D eigenvalue weighted by molar-refractivity contribution is -0.138. The molecule has 0 saturated heterocycles. The van der Waals surface area contributed by atoms with Gasteiger partial charge in [-0.15, -0.1) is 11.8 Å². The van der Waals surface area contributed by atoms with Gasteiger partial charge in [0, 0.05) is 28.9 Å². The van der Waals surface area contributed by atoms with Crippen LogP contribution in [0.3, 0.4) is 0 Å². The highest BCUT2D eigenvalue weighted by molar-refractivity contribution is 8.01. The second-order valence-corrected chi connectivity index (χ2v) is 9.32. The van der Waals surface area contributed by atoms with E-state index in [4.69, 9.17) is 16.3 Å². The number of methoxy groups -OCH3 is 1. The second-order valence-electron chi connectivity index (χ2n) is 7.57. The van der Waals surface area contributed by atoms with E-state index < -0.39 is 16.5 Å². The van der Waals surface area contributed by atoms with Crippen molar-refractivity contribution >= 4 is 40.9 Å². The third-order valence-corrected chi connectivity index (χ3v) is 6.52. The molecule has 0 bridgehead atoms. The molecule has 1 aliphatic heterocycles. The molecule has 2 atom stereocenters. The third kappa shape index (κ3) is 4.68. The molecule has 0 fully saturated rings. The fourth-order valence-electron chi connectivity index (χ4n) is 3.57. The maximum Gasteiger partial charge on any atom is 0.305 e. The van der Waals surface area contributed by atoms with Crippen LogP contribution < -0.4 is 9.64 Å². The first-order valence-electron chi connectivity index (χ1n) is 9.56. The number of ether oxygens (including phenoxy) is 1. The Balaban J connectivity index is 2.23. The first-order chi connectivity index (χ1) is 14.2. The summed E-state index contributed by atoms with van der Waals surface area (Å²) in [5.41, 5.74) is 2.25. The molecule has 6 nitrogen and oxygen atoms in total. The predicted octanol–water partition coefficient (Wildman–Crippen LogP) is 4.72. The molecule has 8 heteroatoms. The number of carboxylic acid groups (broad SMARTS) is 1. The molecule has 2 unspecified atom stereocenters. The van der Waals surface area contributed by atoms with Gasteiger partial charge in [0.2, 0.25) is 5.91 Å². The zero-order valence-corrected chi connectivity index (χ0v) is 18.5. The maximum atomic E-state index is 13.4. The van der Waals surface area contributed by atoms with E-state index in [-0.39, 0.29) is 24.0 Å². The zero-order chi connectivity index (χ0) is 22.0. The normalized spacial score (nSPS) is 18.8. The molecule has 0 aromatic heterocycles. The van der Waals surface area contributed by atoms with E-state index in [1.54, 1.807) is 23.1 Å². The molecule has 0 saturated carbocycles. The maximum absolute atomic E-state index is 13.4. The molecular formula is C22H24ClNO5S. The van der Waals surface area contributed by atoms with Gasteiger partial charge in [0.05, 0.1) is 24.0 Å². The van der Waals surface area contributed by atoms with Crippen LogP contribution in [-0.4, -0.2) is 41.0 Å². The number of hydrogen-bond acceptors (Lipinski definition) is 5. The molecule has 30 heavy (non-hydrogen) atoms. The van der Waals surface area contributed by atoms with E-state index in [0.717, 1.165) is 11.1 Å². The van der Waals surface area contributed by atoms with Crippen LogP contribution in [0.1, 0.15) is 36.6 Å².